The number of primary amides is 1. The van der Waals surface area contributed by atoms with E-state index in [9.17, 15) is 18.4 Å². The molecule has 0 spiro atoms. The first kappa shape index (κ1) is 24.2. The number of piperidine rings is 1. The Labute approximate surface area is 199 Å². The average Bonchev–Trinajstić information content (AvgIpc) is 3.28. The fourth-order valence-corrected chi connectivity index (χ4v) is 3.84. The fourth-order valence-electron chi connectivity index (χ4n) is 3.84. The van der Waals surface area contributed by atoms with E-state index >= 15 is 0 Å². The Hall–Kier alpha value is -3.90. The SMILES string of the molecule is CC(C)(C)OC(=O)N1CCC[C@H](Nc2ncnc3c(C(N)=O)cc(-c4cnn(C(F)F)c4)nc23)C1. The van der Waals surface area contributed by atoms with Crippen LogP contribution in [0.2, 0.25) is 0 Å². The van der Waals surface area contributed by atoms with Crippen LogP contribution >= 0.6 is 0 Å². The quantitative estimate of drug-likeness (QED) is 0.558. The Morgan fingerprint density at radius 1 is 1.26 bits per heavy atom. The van der Waals surface area contributed by atoms with Gasteiger partial charge in [-0.05, 0) is 39.7 Å². The van der Waals surface area contributed by atoms with Gasteiger partial charge in [-0.15, -0.1) is 0 Å². The van der Waals surface area contributed by atoms with E-state index in [1.165, 1.54) is 18.6 Å². The number of aromatic nitrogens is 5. The first-order chi connectivity index (χ1) is 16.5. The number of hydrogen-bond acceptors (Lipinski definition) is 8. The number of nitrogens with two attached hydrogens (primary N) is 1. The van der Waals surface area contributed by atoms with E-state index in [-0.39, 0.29) is 33.9 Å². The van der Waals surface area contributed by atoms with Gasteiger partial charge in [0, 0.05) is 30.9 Å². The van der Waals surface area contributed by atoms with Crippen LogP contribution in [0.15, 0.2) is 24.8 Å². The highest BCUT2D eigenvalue weighted by atomic mass is 19.3. The van der Waals surface area contributed by atoms with Gasteiger partial charge < -0.3 is 20.7 Å². The van der Waals surface area contributed by atoms with E-state index < -0.39 is 24.2 Å². The van der Waals surface area contributed by atoms with Crippen LogP contribution in [0.4, 0.5) is 19.4 Å². The van der Waals surface area contributed by atoms with Gasteiger partial charge in [0.05, 0.1) is 17.5 Å². The number of carbonyl (C=O) groups is 2. The van der Waals surface area contributed by atoms with Crippen molar-refractivity contribution in [3.63, 3.8) is 0 Å². The lowest BCUT2D eigenvalue weighted by Crippen LogP contribution is -2.47. The largest absolute Gasteiger partial charge is 0.444 e. The number of rotatable bonds is 5. The van der Waals surface area contributed by atoms with Crippen LogP contribution in [0.3, 0.4) is 0 Å². The molecule has 11 nitrogen and oxygen atoms in total. The number of amides is 2. The number of alkyl halides is 2. The Morgan fingerprint density at radius 2 is 2.03 bits per heavy atom. The monoisotopic (exact) mass is 488 g/mol. The molecule has 0 aliphatic carbocycles. The minimum atomic E-state index is -2.82. The number of carbonyl (C=O) groups excluding carboxylic acids is 2. The highest BCUT2D eigenvalue weighted by Gasteiger charge is 2.28. The number of hydrogen-bond donors (Lipinski definition) is 2. The standard InChI is InChI=1S/C22H26F2N8O3/c1-22(2,3)35-21(34)31-6-4-5-13(10-31)29-19-17-16(26-11-27-19)14(18(25)33)7-15(30-17)12-8-28-32(9-12)20(23)24/h7-9,11,13,20H,4-6,10H2,1-3H3,(H2,25,33)(H,26,27,29)/t13-/m0/s1. The molecule has 3 aromatic rings. The summed E-state index contributed by atoms with van der Waals surface area (Å²) in [5.74, 6) is -0.421. The maximum Gasteiger partial charge on any atom is 0.410 e. The number of pyridine rings is 1. The molecule has 0 unspecified atom stereocenters. The summed E-state index contributed by atoms with van der Waals surface area (Å²) >= 11 is 0. The van der Waals surface area contributed by atoms with E-state index in [1.807, 2.05) is 20.8 Å². The normalized spacial score (nSPS) is 16.5. The minimum absolute atomic E-state index is 0.0688. The highest BCUT2D eigenvalue weighted by molar-refractivity contribution is 6.06. The molecule has 0 radical (unpaired) electrons. The molecule has 35 heavy (non-hydrogen) atoms. The van der Waals surface area contributed by atoms with Crippen molar-refractivity contribution in [1.82, 2.24) is 29.6 Å². The molecule has 1 aliphatic rings. The topological polar surface area (TPSA) is 141 Å². The molecule has 2 amide bonds. The molecule has 0 bridgehead atoms. The predicted molar refractivity (Wildman–Crippen MR) is 123 cm³/mol. The smallest absolute Gasteiger partial charge is 0.410 e. The number of fused-ring (bicyclic) bond motifs is 1. The molecule has 4 rings (SSSR count). The van der Waals surface area contributed by atoms with Gasteiger partial charge in [0.2, 0.25) is 0 Å². The molecular weight excluding hydrogens is 462 g/mol. The zero-order valence-corrected chi connectivity index (χ0v) is 19.5. The van der Waals surface area contributed by atoms with Gasteiger partial charge in [0.1, 0.15) is 23.0 Å². The summed E-state index contributed by atoms with van der Waals surface area (Å²) in [5.41, 5.74) is 6.00. The van der Waals surface area contributed by atoms with Crippen LogP contribution < -0.4 is 11.1 Å². The van der Waals surface area contributed by atoms with Gasteiger partial charge >= 0.3 is 12.6 Å². The van der Waals surface area contributed by atoms with Crippen LogP contribution in [0, 0.1) is 0 Å². The minimum Gasteiger partial charge on any atom is -0.444 e. The van der Waals surface area contributed by atoms with Crippen molar-refractivity contribution >= 4 is 28.9 Å². The third-order valence-electron chi connectivity index (χ3n) is 5.37. The van der Waals surface area contributed by atoms with Crippen molar-refractivity contribution in [3.8, 4) is 11.3 Å². The maximum atomic E-state index is 13.0. The number of halogens is 2. The maximum absolute atomic E-state index is 13.0. The lowest BCUT2D eigenvalue weighted by atomic mass is 10.1. The first-order valence-corrected chi connectivity index (χ1v) is 11.0. The molecule has 4 heterocycles. The average molecular weight is 488 g/mol. The third kappa shape index (κ3) is 5.44. The Bertz CT molecular complexity index is 1260. The Balaban J connectivity index is 1.66. The predicted octanol–water partition coefficient (Wildman–Crippen LogP) is 3.19. The molecular formula is C22H26F2N8O3. The molecule has 0 saturated carbocycles. The molecule has 3 aromatic heterocycles. The number of nitrogens with zero attached hydrogens (tertiary/aromatic N) is 6. The third-order valence-corrected chi connectivity index (χ3v) is 5.37. The summed E-state index contributed by atoms with van der Waals surface area (Å²) in [5, 5.41) is 6.91. The second-order valence-electron chi connectivity index (χ2n) is 9.24. The number of nitrogens with one attached hydrogen (secondary N) is 1. The highest BCUT2D eigenvalue weighted by Crippen LogP contribution is 2.28. The van der Waals surface area contributed by atoms with Gasteiger partial charge in [-0.25, -0.2) is 24.4 Å². The second-order valence-corrected chi connectivity index (χ2v) is 9.24. The van der Waals surface area contributed by atoms with Crippen LogP contribution in [-0.4, -0.2) is 66.4 Å². The molecule has 13 heteroatoms. The fraction of sp³-hybridized carbons (Fsp3) is 0.455. The van der Waals surface area contributed by atoms with Crippen molar-refractivity contribution in [2.75, 3.05) is 18.4 Å². The van der Waals surface area contributed by atoms with Gasteiger partial charge in [-0.3, -0.25) is 4.79 Å². The van der Waals surface area contributed by atoms with Crippen LogP contribution in [0.25, 0.3) is 22.3 Å². The van der Waals surface area contributed by atoms with Crippen molar-refractivity contribution in [3.05, 3.63) is 30.4 Å². The Morgan fingerprint density at radius 3 is 2.69 bits per heavy atom. The summed E-state index contributed by atoms with van der Waals surface area (Å²) in [4.78, 5) is 39.3. The van der Waals surface area contributed by atoms with E-state index in [2.05, 4.69) is 25.4 Å². The summed E-state index contributed by atoms with van der Waals surface area (Å²) in [7, 11) is 0. The molecule has 186 valence electrons. The lowest BCUT2D eigenvalue weighted by Gasteiger charge is -2.34. The van der Waals surface area contributed by atoms with Crippen molar-refractivity contribution in [2.24, 2.45) is 5.73 Å². The summed E-state index contributed by atoms with van der Waals surface area (Å²) in [6.07, 6.45) is 4.74. The number of likely N-dealkylation sites (tertiary alicyclic amines) is 1. The second kappa shape index (κ2) is 9.39. The molecule has 1 atom stereocenters. The van der Waals surface area contributed by atoms with Gasteiger partial charge in [-0.2, -0.15) is 13.9 Å². The molecule has 1 aliphatic heterocycles. The van der Waals surface area contributed by atoms with Crippen LogP contribution in [0.5, 0.6) is 0 Å². The molecule has 1 saturated heterocycles. The summed E-state index contributed by atoms with van der Waals surface area (Å²) in [6, 6.07) is 1.22. The van der Waals surface area contributed by atoms with Gasteiger partial charge in [0.25, 0.3) is 5.91 Å². The van der Waals surface area contributed by atoms with Gasteiger partial charge in [0.15, 0.2) is 5.82 Å². The number of ether oxygens (including phenoxy) is 1. The van der Waals surface area contributed by atoms with E-state index in [0.29, 0.717) is 23.6 Å². The molecule has 1 fully saturated rings. The zero-order chi connectivity index (χ0) is 25.3. The lowest BCUT2D eigenvalue weighted by molar-refractivity contribution is 0.0206. The number of anilines is 1. The van der Waals surface area contributed by atoms with Crippen molar-refractivity contribution in [1.29, 1.82) is 0 Å². The van der Waals surface area contributed by atoms with Crippen LogP contribution in [-0.2, 0) is 4.74 Å². The van der Waals surface area contributed by atoms with Gasteiger partial charge in [-0.1, -0.05) is 0 Å². The molecule has 3 N–H and O–H groups in total. The van der Waals surface area contributed by atoms with Crippen molar-refractivity contribution in [2.45, 2.75) is 51.8 Å². The first-order valence-electron chi connectivity index (χ1n) is 11.0. The molecule has 0 aromatic carbocycles. The Kier molecular flexibility index (Phi) is 6.50. The summed E-state index contributed by atoms with van der Waals surface area (Å²) in [6.45, 7) is 3.55. The van der Waals surface area contributed by atoms with E-state index in [1.54, 1.807) is 4.90 Å². The van der Waals surface area contributed by atoms with Crippen LogP contribution in [0.1, 0.15) is 50.5 Å². The van der Waals surface area contributed by atoms with E-state index in [4.69, 9.17) is 10.5 Å². The van der Waals surface area contributed by atoms with Crippen molar-refractivity contribution < 1.29 is 23.1 Å². The van der Waals surface area contributed by atoms with E-state index in [0.717, 1.165) is 19.0 Å². The zero-order valence-electron chi connectivity index (χ0n) is 19.5. The summed E-state index contributed by atoms with van der Waals surface area (Å²) < 4.78 is 32.0.